The van der Waals surface area contributed by atoms with E-state index < -0.39 is 0 Å². The first-order valence-electron chi connectivity index (χ1n) is 10.5. The largest absolute Gasteiger partial charge is 0.497 e. The Labute approximate surface area is 181 Å². The van der Waals surface area contributed by atoms with Crippen molar-refractivity contribution in [3.05, 3.63) is 46.2 Å². The molecule has 1 atom stereocenters. The number of nitrogens with zero attached hydrogens (tertiary/aromatic N) is 2. The zero-order valence-electron chi connectivity index (χ0n) is 17.5. The van der Waals surface area contributed by atoms with Gasteiger partial charge in [-0.3, -0.25) is 9.59 Å². The summed E-state index contributed by atoms with van der Waals surface area (Å²) < 4.78 is 10.9. The number of ether oxygens (including phenoxy) is 2. The van der Waals surface area contributed by atoms with Gasteiger partial charge in [-0.2, -0.15) is 0 Å². The zero-order valence-corrected chi connectivity index (χ0v) is 18.3. The lowest BCUT2D eigenvalue weighted by Crippen LogP contribution is -2.44. The molecule has 30 heavy (non-hydrogen) atoms. The second-order valence-electron chi connectivity index (χ2n) is 7.84. The molecule has 0 spiro atoms. The van der Waals surface area contributed by atoms with Crippen LogP contribution in [0.25, 0.3) is 0 Å². The molecule has 2 fully saturated rings. The molecule has 0 unspecified atom stereocenters. The third kappa shape index (κ3) is 4.03. The lowest BCUT2D eigenvalue weighted by Gasteiger charge is -2.35. The molecule has 6 nitrogen and oxygen atoms in total. The Morgan fingerprint density at radius 2 is 1.83 bits per heavy atom. The van der Waals surface area contributed by atoms with Crippen molar-refractivity contribution in [3.8, 4) is 11.5 Å². The molecule has 3 heterocycles. The maximum absolute atomic E-state index is 13.4. The topological polar surface area (TPSA) is 59.1 Å². The first kappa shape index (κ1) is 20.7. The number of piperidine rings is 1. The van der Waals surface area contributed by atoms with Gasteiger partial charge in [0.15, 0.2) is 0 Å². The van der Waals surface area contributed by atoms with Crippen LogP contribution < -0.4 is 9.47 Å². The van der Waals surface area contributed by atoms with Gasteiger partial charge in [0.2, 0.25) is 5.91 Å². The first-order chi connectivity index (χ1) is 14.6. The van der Waals surface area contributed by atoms with E-state index in [-0.39, 0.29) is 23.8 Å². The molecule has 4 rings (SSSR count). The molecule has 2 aliphatic heterocycles. The van der Waals surface area contributed by atoms with E-state index in [1.54, 1.807) is 14.2 Å². The fraction of sp³-hybridized carbons (Fsp3) is 0.478. The number of hydrogen-bond donors (Lipinski definition) is 0. The highest BCUT2D eigenvalue weighted by molar-refractivity contribution is 7.12. The molecule has 2 aliphatic rings. The van der Waals surface area contributed by atoms with E-state index in [1.807, 2.05) is 45.5 Å². The lowest BCUT2D eigenvalue weighted by molar-refractivity contribution is -0.137. The van der Waals surface area contributed by atoms with E-state index in [0.29, 0.717) is 13.1 Å². The van der Waals surface area contributed by atoms with Gasteiger partial charge in [-0.1, -0.05) is 6.07 Å². The van der Waals surface area contributed by atoms with Crippen LogP contribution in [-0.4, -0.2) is 55.5 Å². The highest BCUT2D eigenvalue weighted by atomic mass is 32.1. The average Bonchev–Trinajstić information content (AvgIpc) is 3.50. The number of amides is 2. The molecule has 0 bridgehead atoms. The molecule has 160 valence electrons. The molecule has 0 radical (unpaired) electrons. The molecular weight excluding hydrogens is 400 g/mol. The summed E-state index contributed by atoms with van der Waals surface area (Å²) in [6.07, 6.45) is 3.36. The normalized spacial score (nSPS) is 19.7. The summed E-state index contributed by atoms with van der Waals surface area (Å²) in [7, 11) is 3.29. The van der Waals surface area contributed by atoms with Gasteiger partial charge in [0.1, 0.15) is 11.5 Å². The van der Waals surface area contributed by atoms with E-state index in [9.17, 15) is 9.59 Å². The van der Waals surface area contributed by atoms with Crippen molar-refractivity contribution >= 4 is 23.2 Å². The van der Waals surface area contributed by atoms with Crippen LogP contribution in [0.15, 0.2) is 35.7 Å². The maximum atomic E-state index is 13.4. The van der Waals surface area contributed by atoms with Crippen LogP contribution in [0.2, 0.25) is 0 Å². The SMILES string of the molecule is COc1ccc([C@H]2CCCN2C(=O)C2CCN(C(=O)c3cccs3)CC2)c(OC)c1. The number of carbonyl (C=O) groups excluding carboxylic acids is 2. The van der Waals surface area contributed by atoms with Crippen LogP contribution in [0.5, 0.6) is 11.5 Å². The molecular formula is C23H28N2O4S. The van der Waals surface area contributed by atoms with Crippen LogP contribution in [-0.2, 0) is 4.79 Å². The summed E-state index contributed by atoms with van der Waals surface area (Å²) in [6.45, 7) is 2.04. The molecule has 0 aliphatic carbocycles. The van der Waals surface area contributed by atoms with E-state index >= 15 is 0 Å². The molecule has 1 aromatic heterocycles. The first-order valence-corrected chi connectivity index (χ1v) is 11.4. The smallest absolute Gasteiger partial charge is 0.263 e. The van der Waals surface area contributed by atoms with Crippen molar-refractivity contribution in [1.82, 2.24) is 9.80 Å². The van der Waals surface area contributed by atoms with Gasteiger partial charge in [0.05, 0.1) is 25.1 Å². The van der Waals surface area contributed by atoms with Gasteiger partial charge in [0, 0.05) is 37.2 Å². The Hall–Kier alpha value is -2.54. The minimum Gasteiger partial charge on any atom is -0.497 e. The van der Waals surface area contributed by atoms with Gasteiger partial charge in [0.25, 0.3) is 5.91 Å². The van der Waals surface area contributed by atoms with Crippen molar-refractivity contribution < 1.29 is 19.1 Å². The quantitative estimate of drug-likeness (QED) is 0.723. The van der Waals surface area contributed by atoms with Gasteiger partial charge < -0.3 is 19.3 Å². The summed E-state index contributed by atoms with van der Waals surface area (Å²) in [6, 6.07) is 9.61. The number of thiophene rings is 1. The Bertz CT molecular complexity index is 891. The van der Waals surface area contributed by atoms with Crippen molar-refractivity contribution in [3.63, 3.8) is 0 Å². The number of carbonyl (C=O) groups is 2. The van der Waals surface area contributed by atoms with Crippen LogP contribution in [0.4, 0.5) is 0 Å². The van der Waals surface area contributed by atoms with Crippen molar-refractivity contribution in [2.24, 2.45) is 5.92 Å². The lowest BCUT2D eigenvalue weighted by atomic mass is 9.94. The van der Waals surface area contributed by atoms with Gasteiger partial charge >= 0.3 is 0 Å². The molecule has 7 heteroatoms. The highest BCUT2D eigenvalue weighted by Crippen LogP contribution is 2.40. The monoisotopic (exact) mass is 428 g/mol. The Morgan fingerprint density at radius 3 is 2.50 bits per heavy atom. The predicted molar refractivity (Wildman–Crippen MR) is 116 cm³/mol. The third-order valence-electron chi connectivity index (χ3n) is 6.20. The Morgan fingerprint density at radius 1 is 1.03 bits per heavy atom. The summed E-state index contributed by atoms with van der Waals surface area (Å²) in [5.41, 5.74) is 1.04. The number of hydrogen-bond acceptors (Lipinski definition) is 5. The summed E-state index contributed by atoms with van der Waals surface area (Å²) in [5.74, 6) is 1.77. The van der Waals surface area contributed by atoms with E-state index in [2.05, 4.69) is 0 Å². The second-order valence-corrected chi connectivity index (χ2v) is 8.79. The van der Waals surface area contributed by atoms with Crippen molar-refractivity contribution in [2.75, 3.05) is 33.9 Å². The molecule has 0 saturated carbocycles. The third-order valence-corrected chi connectivity index (χ3v) is 7.06. The van der Waals surface area contributed by atoms with Crippen molar-refractivity contribution in [2.45, 2.75) is 31.7 Å². The Balaban J connectivity index is 1.43. The van der Waals surface area contributed by atoms with E-state index in [4.69, 9.17) is 9.47 Å². The van der Waals surface area contributed by atoms with Gasteiger partial charge in [-0.25, -0.2) is 0 Å². The highest BCUT2D eigenvalue weighted by Gasteiger charge is 2.37. The fourth-order valence-electron chi connectivity index (χ4n) is 4.57. The van der Waals surface area contributed by atoms with Crippen LogP contribution in [0.1, 0.15) is 47.0 Å². The van der Waals surface area contributed by atoms with Crippen molar-refractivity contribution in [1.29, 1.82) is 0 Å². The fourth-order valence-corrected chi connectivity index (χ4v) is 5.26. The second kappa shape index (κ2) is 9.08. The summed E-state index contributed by atoms with van der Waals surface area (Å²) in [4.78, 5) is 30.6. The summed E-state index contributed by atoms with van der Waals surface area (Å²) in [5, 5.41) is 1.92. The molecule has 0 N–H and O–H groups in total. The molecule has 1 aromatic carbocycles. The summed E-state index contributed by atoms with van der Waals surface area (Å²) >= 11 is 1.47. The van der Waals surface area contributed by atoms with Crippen LogP contribution in [0.3, 0.4) is 0 Å². The predicted octanol–water partition coefficient (Wildman–Crippen LogP) is 3.98. The number of methoxy groups -OCH3 is 2. The van der Waals surface area contributed by atoms with Gasteiger partial charge in [-0.05, 0) is 49.3 Å². The van der Waals surface area contributed by atoms with Crippen LogP contribution >= 0.6 is 11.3 Å². The number of benzene rings is 1. The van der Waals surface area contributed by atoms with Gasteiger partial charge in [-0.15, -0.1) is 11.3 Å². The standard InChI is InChI=1S/C23H28N2O4S/c1-28-17-7-8-18(20(15-17)29-2)19-5-3-11-25(19)22(26)16-9-12-24(13-10-16)23(27)21-6-4-14-30-21/h4,6-8,14-16,19H,3,5,9-13H2,1-2H3/t19-/m1/s1. The molecule has 2 aromatic rings. The minimum atomic E-state index is -0.0257. The number of likely N-dealkylation sites (tertiary alicyclic amines) is 2. The van der Waals surface area contributed by atoms with E-state index in [1.165, 1.54) is 11.3 Å². The minimum absolute atomic E-state index is 0.0257. The van der Waals surface area contributed by atoms with Crippen LogP contribution in [0, 0.1) is 5.92 Å². The molecule has 2 saturated heterocycles. The molecule has 2 amide bonds. The maximum Gasteiger partial charge on any atom is 0.263 e. The zero-order chi connectivity index (χ0) is 21.1. The van der Waals surface area contributed by atoms with E-state index in [0.717, 1.165) is 54.2 Å². The Kier molecular flexibility index (Phi) is 6.27. The average molecular weight is 429 g/mol. The number of rotatable bonds is 5.